The van der Waals surface area contributed by atoms with Gasteiger partial charge in [0.15, 0.2) is 5.82 Å². The number of amides is 3. The second-order valence-electron chi connectivity index (χ2n) is 5.82. The highest BCUT2D eigenvalue weighted by Gasteiger charge is 2.38. The van der Waals surface area contributed by atoms with E-state index in [4.69, 9.17) is 4.52 Å². The van der Waals surface area contributed by atoms with E-state index in [-0.39, 0.29) is 18.4 Å². The van der Waals surface area contributed by atoms with Crippen LogP contribution >= 0.6 is 0 Å². The molecule has 0 bridgehead atoms. The number of benzene rings is 1. The lowest BCUT2D eigenvalue weighted by atomic mass is 10.1. The summed E-state index contributed by atoms with van der Waals surface area (Å²) in [6.45, 7) is 3.88. The van der Waals surface area contributed by atoms with Gasteiger partial charge in [0.05, 0.1) is 6.54 Å². The topological polar surface area (TPSA) is 88.3 Å². The summed E-state index contributed by atoms with van der Waals surface area (Å²) in [5, 5.41) is 6.52. The second-order valence-corrected chi connectivity index (χ2v) is 5.82. The summed E-state index contributed by atoms with van der Waals surface area (Å²) < 4.78 is 5.10. The van der Waals surface area contributed by atoms with Gasteiger partial charge in [-0.05, 0) is 5.56 Å². The number of imide groups is 1. The minimum Gasteiger partial charge on any atom is -0.339 e. The summed E-state index contributed by atoms with van der Waals surface area (Å²) in [7, 11) is 0. The van der Waals surface area contributed by atoms with Crippen LogP contribution in [0.2, 0.25) is 0 Å². The summed E-state index contributed by atoms with van der Waals surface area (Å²) in [4.78, 5) is 29.8. The molecule has 0 unspecified atom stereocenters. The van der Waals surface area contributed by atoms with E-state index >= 15 is 0 Å². The first kappa shape index (κ1) is 15.2. The fourth-order valence-corrected chi connectivity index (χ4v) is 2.42. The van der Waals surface area contributed by atoms with Crippen LogP contribution in [0.1, 0.15) is 37.0 Å². The summed E-state index contributed by atoms with van der Waals surface area (Å²) in [6.07, 6.45) is 0.464. The van der Waals surface area contributed by atoms with E-state index in [0.717, 1.165) is 10.5 Å². The van der Waals surface area contributed by atoms with Gasteiger partial charge < -0.3 is 9.84 Å². The average Bonchev–Trinajstić information content (AvgIpc) is 3.10. The molecule has 1 saturated heterocycles. The molecule has 1 aliphatic rings. The van der Waals surface area contributed by atoms with Crippen molar-refractivity contribution in [1.82, 2.24) is 20.4 Å². The summed E-state index contributed by atoms with van der Waals surface area (Å²) in [5.74, 6) is 0.658. The standard InChI is InChI=1S/C16H18N4O3/c1-10(2)14-18-13(19-23-14)9-20-15(21)12(17-16(20)22)8-11-6-4-3-5-7-11/h3-7,10,12H,8-9H2,1-2H3,(H,17,22)/t12-/m0/s1. The molecule has 120 valence electrons. The van der Waals surface area contributed by atoms with Crippen LogP contribution in [0.15, 0.2) is 34.9 Å². The van der Waals surface area contributed by atoms with Crippen molar-refractivity contribution in [2.75, 3.05) is 0 Å². The Morgan fingerprint density at radius 3 is 2.65 bits per heavy atom. The quantitative estimate of drug-likeness (QED) is 0.851. The highest BCUT2D eigenvalue weighted by atomic mass is 16.5. The Morgan fingerprint density at radius 1 is 1.26 bits per heavy atom. The van der Waals surface area contributed by atoms with Crippen LogP contribution in [-0.2, 0) is 17.8 Å². The zero-order valence-electron chi connectivity index (χ0n) is 13.0. The zero-order chi connectivity index (χ0) is 16.4. The highest BCUT2D eigenvalue weighted by Crippen LogP contribution is 2.16. The van der Waals surface area contributed by atoms with Gasteiger partial charge in [0, 0.05) is 12.3 Å². The Bertz CT molecular complexity index is 711. The van der Waals surface area contributed by atoms with Gasteiger partial charge >= 0.3 is 6.03 Å². The zero-order valence-corrected chi connectivity index (χ0v) is 13.0. The predicted octanol–water partition coefficient (Wildman–Crippen LogP) is 1.86. The molecule has 3 rings (SSSR count). The molecular formula is C16H18N4O3. The predicted molar refractivity (Wildman–Crippen MR) is 81.4 cm³/mol. The van der Waals surface area contributed by atoms with Crippen LogP contribution in [0.3, 0.4) is 0 Å². The van der Waals surface area contributed by atoms with Crippen molar-refractivity contribution in [3.63, 3.8) is 0 Å². The molecular weight excluding hydrogens is 296 g/mol. The maximum Gasteiger partial charge on any atom is 0.325 e. The minimum atomic E-state index is -0.554. The molecule has 7 nitrogen and oxygen atoms in total. The van der Waals surface area contributed by atoms with Crippen molar-refractivity contribution in [2.24, 2.45) is 0 Å². The van der Waals surface area contributed by atoms with Gasteiger partial charge in [-0.3, -0.25) is 9.69 Å². The van der Waals surface area contributed by atoms with E-state index in [1.807, 2.05) is 44.2 Å². The molecule has 0 radical (unpaired) electrons. The van der Waals surface area contributed by atoms with Gasteiger partial charge in [0.25, 0.3) is 5.91 Å². The Morgan fingerprint density at radius 2 is 2.00 bits per heavy atom. The molecule has 1 aromatic heterocycles. The number of urea groups is 1. The molecule has 0 aliphatic carbocycles. The van der Waals surface area contributed by atoms with Gasteiger partial charge in [-0.1, -0.05) is 49.3 Å². The summed E-state index contributed by atoms with van der Waals surface area (Å²) >= 11 is 0. The normalized spacial score (nSPS) is 17.9. The van der Waals surface area contributed by atoms with Gasteiger partial charge in [-0.25, -0.2) is 4.79 Å². The maximum absolute atomic E-state index is 12.4. The lowest BCUT2D eigenvalue weighted by molar-refractivity contribution is -0.127. The SMILES string of the molecule is CC(C)c1nc(CN2C(=O)N[C@@H](Cc3ccccc3)C2=O)no1. The van der Waals surface area contributed by atoms with E-state index < -0.39 is 12.1 Å². The molecule has 23 heavy (non-hydrogen) atoms. The minimum absolute atomic E-state index is 0.0200. The maximum atomic E-state index is 12.4. The third-order valence-corrected chi connectivity index (χ3v) is 3.67. The Hall–Kier alpha value is -2.70. The molecule has 1 aromatic carbocycles. The Kier molecular flexibility index (Phi) is 4.10. The van der Waals surface area contributed by atoms with E-state index in [2.05, 4.69) is 15.5 Å². The van der Waals surface area contributed by atoms with Crippen LogP contribution in [0.5, 0.6) is 0 Å². The van der Waals surface area contributed by atoms with Crippen molar-refractivity contribution in [3.8, 4) is 0 Å². The first-order chi connectivity index (χ1) is 11.0. The summed E-state index contributed by atoms with van der Waals surface area (Å²) in [6, 6.07) is 8.59. The Balaban J connectivity index is 1.68. The number of aromatic nitrogens is 2. The van der Waals surface area contributed by atoms with E-state index in [1.54, 1.807) is 0 Å². The molecule has 7 heteroatoms. The molecule has 3 amide bonds. The molecule has 2 aromatic rings. The van der Waals surface area contributed by atoms with Crippen LogP contribution in [-0.4, -0.2) is 33.0 Å². The summed E-state index contributed by atoms with van der Waals surface area (Å²) in [5.41, 5.74) is 0.995. The van der Waals surface area contributed by atoms with E-state index in [9.17, 15) is 9.59 Å². The second kappa shape index (κ2) is 6.20. The van der Waals surface area contributed by atoms with Gasteiger partial charge in [0.1, 0.15) is 6.04 Å². The third kappa shape index (κ3) is 3.23. The molecule has 1 aliphatic heterocycles. The third-order valence-electron chi connectivity index (χ3n) is 3.67. The number of rotatable bonds is 5. The first-order valence-electron chi connectivity index (χ1n) is 7.53. The van der Waals surface area contributed by atoms with Crippen LogP contribution in [0.25, 0.3) is 0 Å². The van der Waals surface area contributed by atoms with Crippen molar-refractivity contribution in [2.45, 2.75) is 38.8 Å². The molecule has 1 atom stereocenters. The average molecular weight is 314 g/mol. The molecule has 0 spiro atoms. The van der Waals surface area contributed by atoms with E-state index in [1.165, 1.54) is 0 Å². The van der Waals surface area contributed by atoms with Crippen LogP contribution < -0.4 is 5.32 Å². The molecule has 1 N–H and O–H groups in total. The number of nitrogens with one attached hydrogen (secondary N) is 1. The number of nitrogens with zero attached hydrogens (tertiary/aromatic N) is 3. The van der Waals surface area contributed by atoms with Gasteiger partial charge in [-0.2, -0.15) is 4.98 Å². The van der Waals surface area contributed by atoms with E-state index in [0.29, 0.717) is 18.1 Å². The Labute approximate surface area is 133 Å². The molecule has 2 heterocycles. The van der Waals surface area contributed by atoms with Crippen molar-refractivity contribution >= 4 is 11.9 Å². The first-order valence-corrected chi connectivity index (χ1v) is 7.53. The van der Waals surface area contributed by atoms with Crippen molar-refractivity contribution in [3.05, 3.63) is 47.6 Å². The van der Waals surface area contributed by atoms with Gasteiger partial charge in [-0.15, -0.1) is 0 Å². The lowest BCUT2D eigenvalue weighted by Crippen LogP contribution is -2.32. The van der Waals surface area contributed by atoms with Gasteiger partial charge in [0.2, 0.25) is 5.89 Å². The number of hydrogen-bond acceptors (Lipinski definition) is 5. The fraction of sp³-hybridized carbons (Fsp3) is 0.375. The molecule has 1 fully saturated rings. The number of carbonyl (C=O) groups excluding carboxylic acids is 2. The number of hydrogen-bond donors (Lipinski definition) is 1. The smallest absolute Gasteiger partial charge is 0.325 e. The van der Waals surface area contributed by atoms with Crippen molar-refractivity contribution < 1.29 is 14.1 Å². The fourth-order valence-electron chi connectivity index (χ4n) is 2.42. The van der Waals surface area contributed by atoms with Crippen LogP contribution in [0.4, 0.5) is 4.79 Å². The largest absolute Gasteiger partial charge is 0.339 e. The lowest BCUT2D eigenvalue weighted by Gasteiger charge is -2.10. The molecule has 0 saturated carbocycles. The van der Waals surface area contributed by atoms with Crippen LogP contribution in [0, 0.1) is 0 Å². The van der Waals surface area contributed by atoms with Crippen molar-refractivity contribution in [1.29, 1.82) is 0 Å². The number of carbonyl (C=O) groups is 2. The highest BCUT2D eigenvalue weighted by molar-refractivity contribution is 6.04. The monoisotopic (exact) mass is 314 g/mol.